The lowest BCUT2D eigenvalue weighted by molar-refractivity contribution is 0.150. The van der Waals surface area contributed by atoms with E-state index in [1.54, 1.807) is 0 Å². The van der Waals surface area contributed by atoms with Crippen LogP contribution in [-0.2, 0) is 6.54 Å². The first-order valence-corrected chi connectivity index (χ1v) is 7.74. The second kappa shape index (κ2) is 7.65. The van der Waals surface area contributed by atoms with Crippen molar-refractivity contribution in [2.45, 2.75) is 33.2 Å². The molecular formula is C15H28N4. The van der Waals surface area contributed by atoms with Gasteiger partial charge in [0.25, 0.3) is 0 Å². The molecule has 0 amide bonds. The van der Waals surface area contributed by atoms with E-state index in [0.717, 1.165) is 12.5 Å². The number of aromatic nitrogens is 2. The van der Waals surface area contributed by atoms with Crippen molar-refractivity contribution in [3.8, 4) is 0 Å². The minimum absolute atomic E-state index is 0.810. The maximum atomic E-state index is 4.31. The third kappa shape index (κ3) is 4.62. The average Bonchev–Trinajstić information content (AvgIpc) is 2.95. The molecule has 19 heavy (non-hydrogen) atoms. The SMILES string of the molecule is CCN(CC)CCN1CCC(Cn2cccn2)CC1. The largest absolute Gasteiger partial charge is 0.303 e. The van der Waals surface area contributed by atoms with Crippen LogP contribution in [0.15, 0.2) is 18.5 Å². The number of piperidine rings is 1. The minimum atomic E-state index is 0.810. The van der Waals surface area contributed by atoms with Crippen LogP contribution in [0.3, 0.4) is 0 Å². The molecule has 4 nitrogen and oxygen atoms in total. The van der Waals surface area contributed by atoms with Crippen LogP contribution in [0.5, 0.6) is 0 Å². The summed E-state index contributed by atoms with van der Waals surface area (Å²) in [4.78, 5) is 5.13. The molecule has 0 aromatic carbocycles. The Morgan fingerprint density at radius 2 is 1.95 bits per heavy atom. The molecule has 1 aliphatic rings. The quantitative estimate of drug-likeness (QED) is 0.752. The zero-order valence-electron chi connectivity index (χ0n) is 12.5. The first-order chi connectivity index (χ1) is 9.31. The summed E-state index contributed by atoms with van der Waals surface area (Å²) in [6.45, 7) is 12.9. The number of likely N-dealkylation sites (N-methyl/N-ethyl adjacent to an activating group) is 1. The van der Waals surface area contributed by atoms with Gasteiger partial charge in [0.2, 0.25) is 0 Å². The van der Waals surface area contributed by atoms with Gasteiger partial charge in [-0.2, -0.15) is 5.10 Å². The predicted octanol–water partition coefficient (Wildman–Crippen LogP) is 1.94. The summed E-state index contributed by atoms with van der Waals surface area (Å²) in [5.74, 6) is 0.810. The second-order valence-corrected chi connectivity index (χ2v) is 5.54. The van der Waals surface area contributed by atoms with Crippen LogP contribution in [0, 0.1) is 5.92 Å². The highest BCUT2D eigenvalue weighted by atomic mass is 15.3. The fourth-order valence-electron chi connectivity index (χ4n) is 2.89. The summed E-state index contributed by atoms with van der Waals surface area (Å²) in [7, 11) is 0. The Morgan fingerprint density at radius 1 is 1.21 bits per heavy atom. The highest BCUT2D eigenvalue weighted by molar-refractivity contribution is 4.80. The van der Waals surface area contributed by atoms with E-state index in [1.807, 2.05) is 12.3 Å². The van der Waals surface area contributed by atoms with Gasteiger partial charge in [-0.05, 0) is 51.0 Å². The van der Waals surface area contributed by atoms with Crippen LogP contribution in [-0.4, -0.2) is 58.8 Å². The van der Waals surface area contributed by atoms with Crippen LogP contribution >= 0.6 is 0 Å². The van der Waals surface area contributed by atoms with Crippen molar-refractivity contribution in [2.75, 3.05) is 39.3 Å². The Balaban J connectivity index is 1.65. The molecule has 0 unspecified atom stereocenters. The van der Waals surface area contributed by atoms with E-state index < -0.39 is 0 Å². The molecule has 0 aliphatic carbocycles. The van der Waals surface area contributed by atoms with Crippen molar-refractivity contribution in [3.05, 3.63) is 18.5 Å². The zero-order chi connectivity index (χ0) is 13.5. The summed E-state index contributed by atoms with van der Waals surface area (Å²) in [5, 5.41) is 4.31. The maximum absolute atomic E-state index is 4.31. The minimum Gasteiger partial charge on any atom is -0.303 e. The summed E-state index contributed by atoms with van der Waals surface area (Å²) < 4.78 is 2.08. The van der Waals surface area contributed by atoms with Gasteiger partial charge in [0.15, 0.2) is 0 Å². The van der Waals surface area contributed by atoms with Gasteiger partial charge >= 0.3 is 0 Å². The summed E-state index contributed by atoms with van der Waals surface area (Å²) in [5.41, 5.74) is 0. The van der Waals surface area contributed by atoms with Gasteiger partial charge in [0.05, 0.1) is 0 Å². The van der Waals surface area contributed by atoms with Gasteiger partial charge in [-0.1, -0.05) is 13.8 Å². The molecule has 2 heterocycles. The number of hydrogen-bond acceptors (Lipinski definition) is 3. The van der Waals surface area contributed by atoms with Gasteiger partial charge in [-0.3, -0.25) is 4.68 Å². The molecule has 1 aromatic rings. The number of rotatable bonds is 7. The first-order valence-electron chi connectivity index (χ1n) is 7.74. The number of hydrogen-bond donors (Lipinski definition) is 0. The molecule has 0 spiro atoms. The van der Waals surface area contributed by atoms with Crippen molar-refractivity contribution < 1.29 is 0 Å². The smallest absolute Gasteiger partial charge is 0.0489 e. The van der Waals surface area contributed by atoms with Gasteiger partial charge in [-0.25, -0.2) is 0 Å². The average molecular weight is 264 g/mol. The van der Waals surface area contributed by atoms with Crippen LogP contribution < -0.4 is 0 Å². The van der Waals surface area contributed by atoms with E-state index in [1.165, 1.54) is 52.1 Å². The van der Waals surface area contributed by atoms with E-state index in [-0.39, 0.29) is 0 Å². The van der Waals surface area contributed by atoms with Crippen LogP contribution in [0.2, 0.25) is 0 Å². The molecule has 2 rings (SSSR count). The molecule has 4 heteroatoms. The number of likely N-dealkylation sites (tertiary alicyclic amines) is 1. The lowest BCUT2D eigenvalue weighted by atomic mass is 9.97. The molecule has 0 saturated carbocycles. The van der Waals surface area contributed by atoms with E-state index in [4.69, 9.17) is 0 Å². The molecule has 1 fully saturated rings. The summed E-state index contributed by atoms with van der Waals surface area (Å²) in [6.07, 6.45) is 6.59. The van der Waals surface area contributed by atoms with E-state index >= 15 is 0 Å². The highest BCUT2D eigenvalue weighted by Gasteiger charge is 2.19. The van der Waals surface area contributed by atoms with Crippen molar-refractivity contribution in [1.82, 2.24) is 19.6 Å². The fourth-order valence-corrected chi connectivity index (χ4v) is 2.89. The van der Waals surface area contributed by atoms with Gasteiger partial charge < -0.3 is 9.80 Å². The van der Waals surface area contributed by atoms with Crippen molar-refractivity contribution in [3.63, 3.8) is 0 Å². The molecule has 0 atom stereocenters. The van der Waals surface area contributed by atoms with Crippen LogP contribution in [0.1, 0.15) is 26.7 Å². The second-order valence-electron chi connectivity index (χ2n) is 5.54. The Bertz CT molecular complexity index is 324. The third-order valence-corrected chi connectivity index (χ3v) is 4.34. The first kappa shape index (κ1) is 14.5. The standard InChI is InChI=1S/C15H28N4/c1-3-17(4-2)12-13-18-10-6-15(7-11-18)14-19-9-5-8-16-19/h5,8-9,15H,3-4,6-7,10-14H2,1-2H3. The van der Waals surface area contributed by atoms with Gasteiger partial charge in [0.1, 0.15) is 0 Å². The molecule has 1 aromatic heterocycles. The monoisotopic (exact) mass is 264 g/mol. The fraction of sp³-hybridized carbons (Fsp3) is 0.800. The molecule has 1 aliphatic heterocycles. The van der Waals surface area contributed by atoms with Crippen molar-refractivity contribution >= 4 is 0 Å². The molecule has 0 N–H and O–H groups in total. The highest BCUT2D eigenvalue weighted by Crippen LogP contribution is 2.18. The van der Waals surface area contributed by atoms with Crippen molar-refractivity contribution in [1.29, 1.82) is 0 Å². The summed E-state index contributed by atoms with van der Waals surface area (Å²) in [6, 6.07) is 2.01. The third-order valence-electron chi connectivity index (χ3n) is 4.34. The van der Waals surface area contributed by atoms with Crippen LogP contribution in [0.25, 0.3) is 0 Å². The topological polar surface area (TPSA) is 24.3 Å². The number of nitrogens with zero attached hydrogens (tertiary/aromatic N) is 4. The molecule has 1 saturated heterocycles. The Hall–Kier alpha value is -0.870. The Kier molecular flexibility index (Phi) is 5.86. The summed E-state index contributed by atoms with van der Waals surface area (Å²) >= 11 is 0. The molecule has 0 radical (unpaired) electrons. The van der Waals surface area contributed by atoms with Crippen molar-refractivity contribution in [2.24, 2.45) is 5.92 Å². The Morgan fingerprint density at radius 3 is 2.53 bits per heavy atom. The van der Waals surface area contributed by atoms with E-state index in [2.05, 4.69) is 39.6 Å². The van der Waals surface area contributed by atoms with Gasteiger partial charge in [0, 0.05) is 32.0 Å². The molecular weight excluding hydrogens is 236 g/mol. The lowest BCUT2D eigenvalue weighted by Crippen LogP contribution is -2.40. The predicted molar refractivity (Wildman–Crippen MR) is 79.2 cm³/mol. The van der Waals surface area contributed by atoms with Gasteiger partial charge in [-0.15, -0.1) is 0 Å². The maximum Gasteiger partial charge on any atom is 0.0489 e. The van der Waals surface area contributed by atoms with Crippen LogP contribution in [0.4, 0.5) is 0 Å². The Labute approximate surface area is 117 Å². The molecule has 108 valence electrons. The normalized spacial score (nSPS) is 18.3. The van der Waals surface area contributed by atoms with E-state index in [0.29, 0.717) is 0 Å². The molecule has 0 bridgehead atoms. The van der Waals surface area contributed by atoms with E-state index in [9.17, 15) is 0 Å². The lowest BCUT2D eigenvalue weighted by Gasteiger charge is -2.33. The zero-order valence-corrected chi connectivity index (χ0v) is 12.5.